The molecular formula is C21H17ClFN5O2. The molecule has 1 aliphatic rings. The Bertz CT molecular complexity index is 1290. The van der Waals surface area contributed by atoms with Gasteiger partial charge in [0.1, 0.15) is 18.5 Å². The minimum atomic E-state index is -1.42. The maximum absolute atomic E-state index is 15.1. The van der Waals surface area contributed by atoms with Crippen molar-refractivity contribution in [2.24, 2.45) is 0 Å². The van der Waals surface area contributed by atoms with Gasteiger partial charge in [-0.1, -0.05) is 28.9 Å². The molecule has 1 saturated carbocycles. The Hall–Kier alpha value is -3.13. The smallest absolute Gasteiger partial charge is 0.263 e. The number of halogens is 2. The molecule has 4 aromatic rings. The number of rotatable bonds is 4. The van der Waals surface area contributed by atoms with Gasteiger partial charge >= 0.3 is 0 Å². The highest BCUT2D eigenvalue weighted by molar-refractivity contribution is 6.30. The predicted octanol–water partition coefficient (Wildman–Crippen LogP) is 3.93. The van der Waals surface area contributed by atoms with Crippen molar-refractivity contribution in [1.29, 1.82) is 0 Å². The van der Waals surface area contributed by atoms with E-state index in [1.807, 2.05) is 6.92 Å². The standard InChI is InChI=1S/C21H17ClFN5O2/c1-12-6-7-24-19-17(12)20(29)28(11-25-19)10-16-26-18(27-30-16)13-8-21(23,9-13)14-2-4-15(22)5-3-14/h2-7,11,13H,8-10H2,1H3/t13-,21+. The SMILES string of the molecule is Cc1ccnc2ncn(Cc3nc([C@H]4C[C@](F)(c5ccc(Cl)cc5)C4)no3)c(=O)c12. The molecule has 0 atom stereocenters. The fourth-order valence-corrected chi connectivity index (χ4v) is 4.00. The summed E-state index contributed by atoms with van der Waals surface area (Å²) in [6.07, 6.45) is 3.58. The summed E-state index contributed by atoms with van der Waals surface area (Å²) in [7, 11) is 0. The lowest BCUT2D eigenvalue weighted by Gasteiger charge is -2.40. The van der Waals surface area contributed by atoms with Crippen LogP contribution in [-0.2, 0) is 12.2 Å². The normalized spacial score (nSPS) is 21.0. The summed E-state index contributed by atoms with van der Waals surface area (Å²) >= 11 is 5.88. The molecule has 1 aromatic carbocycles. The van der Waals surface area contributed by atoms with E-state index in [1.54, 1.807) is 36.5 Å². The number of hydrogen-bond acceptors (Lipinski definition) is 6. The molecule has 9 heteroatoms. The Morgan fingerprint density at radius 2 is 2.00 bits per heavy atom. The van der Waals surface area contributed by atoms with Gasteiger partial charge in [0.05, 0.1) is 5.39 Å². The molecule has 0 amide bonds. The van der Waals surface area contributed by atoms with Gasteiger partial charge in [0, 0.05) is 17.1 Å². The first-order chi connectivity index (χ1) is 14.4. The number of fused-ring (bicyclic) bond motifs is 1. The van der Waals surface area contributed by atoms with Crippen LogP contribution in [0, 0.1) is 6.92 Å². The molecule has 1 fully saturated rings. The molecule has 7 nitrogen and oxygen atoms in total. The van der Waals surface area contributed by atoms with Crippen LogP contribution in [0.2, 0.25) is 5.02 Å². The molecule has 30 heavy (non-hydrogen) atoms. The van der Waals surface area contributed by atoms with E-state index < -0.39 is 5.67 Å². The first-order valence-corrected chi connectivity index (χ1v) is 9.89. The molecule has 1 aliphatic carbocycles. The van der Waals surface area contributed by atoms with Crippen LogP contribution in [0.1, 0.15) is 41.6 Å². The van der Waals surface area contributed by atoms with Crippen LogP contribution in [0.4, 0.5) is 4.39 Å². The van der Waals surface area contributed by atoms with E-state index in [-0.39, 0.29) is 36.8 Å². The van der Waals surface area contributed by atoms with Crippen LogP contribution < -0.4 is 5.56 Å². The topological polar surface area (TPSA) is 86.7 Å². The van der Waals surface area contributed by atoms with Gasteiger partial charge in [-0.15, -0.1) is 0 Å². The van der Waals surface area contributed by atoms with E-state index in [4.69, 9.17) is 16.1 Å². The zero-order valence-electron chi connectivity index (χ0n) is 16.0. The van der Waals surface area contributed by atoms with E-state index >= 15 is 4.39 Å². The number of benzene rings is 1. The monoisotopic (exact) mass is 425 g/mol. The van der Waals surface area contributed by atoms with E-state index in [2.05, 4.69) is 20.1 Å². The third-order valence-corrected chi connectivity index (χ3v) is 5.84. The minimum Gasteiger partial charge on any atom is -0.337 e. The molecule has 0 N–H and O–H groups in total. The van der Waals surface area contributed by atoms with Crippen molar-refractivity contribution in [3.63, 3.8) is 0 Å². The highest BCUT2D eigenvalue weighted by atomic mass is 35.5. The van der Waals surface area contributed by atoms with Gasteiger partial charge in [-0.25, -0.2) is 14.4 Å². The first-order valence-electron chi connectivity index (χ1n) is 9.51. The van der Waals surface area contributed by atoms with E-state index in [0.717, 1.165) is 5.56 Å². The lowest BCUT2D eigenvalue weighted by molar-refractivity contribution is 0.0336. The second-order valence-electron chi connectivity index (χ2n) is 7.63. The first kappa shape index (κ1) is 18.9. The van der Waals surface area contributed by atoms with Crippen molar-refractivity contribution in [2.75, 3.05) is 0 Å². The van der Waals surface area contributed by atoms with Gasteiger partial charge in [-0.05, 0) is 49.1 Å². The third-order valence-electron chi connectivity index (χ3n) is 5.59. The van der Waals surface area contributed by atoms with Crippen molar-refractivity contribution in [3.8, 4) is 0 Å². The van der Waals surface area contributed by atoms with E-state index in [9.17, 15) is 4.79 Å². The molecular weight excluding hydrogens is 409 g/mol. The van der Waals surface area contributed by atoms with Crippen molar-refractivity contribution >= 4 is 22.6 Å². The average Bonchev–Trinajstić information content (AvgIpc) is 3.16. The highest BCUT2D eigenvalue weighted by Crippen LogP contribution is 2.53. The second kappa shape index (κ2) is 6.98. The summed E-state index contributed by atoms with van der Waals surface area (Å²) in [5, 5.41) is 5.03. The molecule has 0 radical (unpaired) electrons. The predicted molar refractivity (Wildman–Crippen MR) is 108 cm³/mol. The van der Waals surface area contributed by atoms with Gasteiger partial charge in [-0.2, -0.15) is 4.98 Å². The Labute approximate surface area is 175 Å². The Morgan fingerprint density at radius 3 is 2.77 bits per heavy atom. The van der Waals surface area contributed by atoms with Crippen LogP contribution >= 0.6 is 11.6 Å². The van der Waals surface area contributed by atoms with E-state index in [1.165, 1.54) is 10.9 Å². The summed E-state index contributed by atoms with van der Waals surface area (Å²) in [5.74, 6) is 0.589. The average molecular weight is 426 g/mol. The fourth-order valence-electron chi connectivity index (χ4n) is 3.87. The number of nitrogens with zero attached hydrogens (tertiary/aromatic N) is 5. The third kappa shape index (κ3) is 3.17. The highest BCUT2D eigenvalue weighted by Gasteiger charge is 2.48. The number of aryl methyl sites for hydroxylation is 1. The molecule has 0 spiro atoms. The fraction of sp³-hybridized carbons (Fsp3) is 0.286. The van der Waals surface area contributed by atoms with Gasteiger partial charge < -0.3 is 4.52 Å². The Kier molecular flexibility index (Phi) is 4.39. The van der Waals surface area contributed by atoms with Crippen LogP contribution in [0.15, 0.2) is 52.2 Å². The van der Waals surface area contributed by atoms with Crippen molar-refractivity contribution in [2.45, 2.75) is 37.9 Å². The summed E-state index contributed by atoms with van der Waals surface area (Å²) in [5.41, 5.74) is 0.163. The minimum absolute atomic E-state index is 0.0911. The second-order valence-corrected chi connectivity index (χ2v) is 8.06. The van der Waals surface area contributed by atoms with Crippen molar-refractivity contribution < 1.29 is 8.91 Å². The van der Waals surface area contributed by atoms with Crippen LogP contribution in [-0.4, -0.2) is 24.7 Å². The molecule has 3 aromatic heterocycles. The van der Waals surface area contributed by atoms with E-state index in [0.29, 0.717) is 27.4 Å². The Balaban J connectivity index is 1.33. The summed E-state index contributed by atoms with van der Waals surface area (Å²) in [4.78, 5) is 25.5. The maximum atomic E-state index is 15.1. The molecule has 3 heterocycles. The summed E-state index contributed by atoms with van der Waals surface area (Å²) < 4.78 is 21.8. The zero-order valence-corrected chi connectivity index (χ0v) is 16.8. The maximum Gasteiger partial charge on any atom is 0.263 e. The number of hydrogen-bond donors (Lipinski definition) is 0. The van der Waals surface area contributed by atoms with Gasteiger partial charge in [0.15, 0.2) is 11.5 Å². The number of aromatic nitrogens is 5. The molecule has 0 aliphatic heterocycles. The van der Waals surface area contributed by atoms with Crippen LogP contribution in [0.25, 0.3) is 11.0 Å². The molecule has 5 rings (SSSR count). The van der Waals surface area contributed by atoms with Gasteiger partial charge in [0.2, 0.25) is 5.89 Å². The molecule has 0 saturated heterocycles. The molecule has 152 valence electrons. The number of pyridine rings is 1. The lowest BCUT2D eigenvalue weighted by Crippen LogP contribution is -2.36. The lowest BCUT2D eigenvalue weighted by atomic mass is 9.68. The quantitative estimate of drug-likeness (QED) is 0.492. The zero-order chi connectivity index (χ0) is 20.9. The van der Waals surface area contributed by atoms with Gasteiger partial charge in [-0.3, -0.25) is 9.36 Å². The van der Waals surface area contributed by atoms with Crippen LogP contribution in [0.5, 0.6) is 0 Å². The summed E-state index contributed by atoms with van der Waals surface area (Å²) in [6.45, 7) is 1.93. The number of alkyl halides is 1. The van der Waals surface area contributed by atoms with Gasteiger partial charge in [0.25, 0.3) is 5.56 Å². The van der Waals surface area contributed by atoms with Crippen molar-refractivity contribution in [3.05, 3.63) is 81.1 Å². The Morgan fingerprint density at radius 1 is 1.23 bits per heavy atom. The molecule has 0 bridgehead atoms. The van der Waals surface area contributed by atoms with Crippen molar-refractivity contribution in [1.82, 2.24) is 24.7 Å². The summed E-state index contributed by atoms with van der Waals surface area (Å²) in [6, 6.07) is 8.54. The largest absolute Gasteiger partial charge is 0.337 e. The molecule has 0 unspecified atom stereocenters. The van der Waals surface area contributed by atoms with Crippen LogP contribution in [0.3, 0.4) is 0 Å².